The molecule has 0 saturated carbocycles. The van der Waals surface area contributed by atoms with E-state index in [1.807, 2.05) is 12.3 Å². The molecule has 0 aliphatic carbocycles. The van der Waals surface area contributed by atoms with Crippen molar-refractivity contribution in [3.8, 4) is 0 Å². The number of carbonyl (C=O) groups is 1. The van der Waals surface area contributed by atoms with Crippen LogP contribution in [-0.2, 0) is 11.2 Å². The zero-order valence-electron chi connectivity index (χ0n) is 8.85. The molecule has 0 fully saturated rings. The van der Waals surface area contributed by atoms with Gasteiger partial charge in [-0.15, -0.1) is 11.3 Å². The topological polar surface area (TPSA) is 80.9 Å². The van der Waals surface area contributed by atoms with Crippen LogP contribution in [0.5, 0.6) is 0 Å². The monoisotopic (exact) mass is 238 g/mol. The van der Waals surface area contributed by atoms with Crippen LogP contribution in [0.15, 0.2) is 9.90 Å². The third-order valence-corrected chi connectivity index (χ3v) is 2.62. The van der Waals surface area contributed by atoms with Crippen LogP contribution in [0, 0.1) is 13.8 Å². The molecule has 0 saturated heterocycles. The van der Waals surface area contributed by atoms with Crippen LogP contribution in [-0.4, -0.2) is 21.0 Å². The third kappa shape index (κ3) is 2.63. The fourth-order valence-electron chi connectivity index (χ4n) is 1.12. The van der Waals surface area contributed by atoms with Gasteiger partial charge in [0.15, 0.2) is 11.0 Å². The molecule has 0 aliphatic heterocycles. The summed E-state index contributed by atoms with van der Waals surface area (Å²) in [5.74, 6) is 0.620. The van der Waals surface area contributed by atoms with Crippen LogP contribution in [0.3, 0.4) is 0 Å². The lowest BCUT2D eigenvalue weighted by Gasteiger charge is -1.97. The van der Waals surface area contributed by atoms with E-state index in [9.17, 15) is 4.79 Å². The van der Waals surface area contributed by atoms with Crippen LogP contribution in [0.2, 0.25) is 0 Å². The second-order valence-electron chi connectivity index (χ2n) is 3.25. The Kier molecular flexibility index (Phi) is 2.95. The summed E-state index contributed by atoms with van der Waals surface area (Å²) in [7, 11) is 0. The van der Waals surface area contributed by atoms with Crippen LogP contribution in [0.1, 0.15) is 17.4 Å². The van der Waals surface area contributed by atoms with Gasteiger partial charge >= 0.3 is 0 Å². The Bertz CT molecular complexity index is 461. The zero-order chi connectivity index (χ0) is 11.5. The molecular formula is C9H10N4O2S. The Hall–Kier alpha value is -1.76. The maximum atomic E-state index is 11.5. The molecular weight excluding hydrogens is 228 g/mol. The molecule has 0 bridgehead atoms. The number of hydrogen-bond acceptors (Lipinski definition) is 6. The van der Waals surface area contributed by atoms with Crippen LogP contribution >= 0.6 is 11.3 Å². The first-order valence-corrected chi connectivity index (χ1v) is 5.52. The number of rotatable bonds is 3. The molecule has 84 valence electrons. The van der Waals surface area contributed by atoms with E-state index < -0.39 is 0 Å². The van der Waals surface area contributed by atoms with E-state index in [0.29, 0.717) is 16.8 Å². The van der Waals surface area contributed by atoms with Crippen molar-refractivity contribution in [3.05, 3.63) is 22.8 Å². The van der Waals surface area contributed by atoms with E-state index in [1.165, 1.54) is 11.3 Å². The van der Waals surface area contributed by atoms with Crippen LogP contribution < -0.4 is 5.32 Å². The molecule has 2 rings (SSSR count). The van der Waals surface area contributed by atoms with Gasteiger partial charge in [0, 0.05) is 5.38 Å². The van der Waals surface area contributed by atoms with E-state index >= 15 is 0 Å². The molecule has 2 aromatic rings. The van der Waals surface area contributed by atoms with Gasteiger partial charge in [-0.2, -0.15) is 4.98 Å². The number of carbonyl (C=O) groups excluding carboxylic acids is 1. The van der Waals surface area contributed by atoms with E-state index in [2.05, 4.69) is 20.4 Å². The number of nitrogens with zero attached hydrogens (tertiary/aromatic N) is 3. The van der Waals surface area contributed by atoms with E-state index in [0.717, 1.165) is 5.69 Å². The number of amides is 1. The number of aromatic nitrogens is 3. The first-order valence-electron chi connectivity index (χ1n) is 4.64. The average molecular weight is 238 g/mol. The maximum absolute atomic E-state index is 11.5. The quantitative estimate of drug-likeness (QED) is 0.872. The molecule has 7 heteroatoms. The van der Waals surface area contributed by atoms with Crippen molar-refractivity contribution < 1.29 is 9.32 Å². The minimum atomic E-state index is -0.210. The van der Waals surface area contributed by atoms with Crippen molar-refractivity contribution in [2.75, 3.05) is 5.32 Å². The van der Waals surface area contributed by atoms with E-state index in [4.69, 9.17) is 4.52 Å². The highest BCUT2D eigenvalue weighted by Gasteiger charge is 2.11. The summed E-state index contributed by atoms with van der Waals surface area (Å²) in [6.07, 6.45) is 0.0689. The molecule has 0 unspecified atom stereocenters. The van der Waals surface area contributed by atoms with Crippen molar-refractivity contribution in [1.29, 1.82) is 0 Å². The highest BCUT2D eigenvalue weighted by Crippen LogP contribution is 2.14. The minimum Gasteiger partial charge on any atom is -0.339 e. The predicted molar refractivity (Wildman–Crippen MR) is 58.2 cm³/mol. The minimum absolute atomic E-state index is 0.0689. The summed E-state index contributed by atoms with van der Waals surface area (Å²) in [6, 6.07) is 0. The highest BCUT2D eigenvalue weighted by atomic mass is 32.1. The lowest BCUT2D eigenvalue weighted by molar-refractivity contribution is -0.115. The Morgan fingerprint density at radius 3 is 2.88 bits per heavy atom. The van der Waals surface area contributed by atoms with Crippen LogP contribution in [0.4, 0.5) is 5.13 Å². The van der Waals surface area contributed by atoms with E-state index in [-0.39, 0.29) is 12.3 Å². The van der Waals surface area contributed by atoms with Crippen molar-refractivity contribution in [2.24, 2.45) is 0 Å². The van der Waals surface area contributed by atoms with Crippen molar-refractivity contribution in [3.63, 3.8) is 0 Å². The smallest absolute Gasteiger partial charge is 0.236 e. The first kappa shape index (κ1) is 10.7. The molecule has 6 nitrogen and oxygen atoms in total. The fourth-order valence-corrected chi connectivity index (χ4v) is 1.83. The Labute approximate surface area is 95.7 Å². The SMILES string of the molecule is Cc1csc(NC(=O)Cc2nc(C)no2)n1. The number of anilines is 1. The largest absolute Gasteiger partial charge is 0.339 e. The summed E-state index contributed by atoms with van der Waals surface area (Å²) in [4.78, 5) is 19.6. The van der Waals surface area contributed by atoms with Gasteiger partial charge in [0.1, 0.15) is 6.42 Å². The second-order valence-corrected chi connectivity index (χ2v) is 4.11. The molecule has 2 aromatic heterocycles. The van der Waals surface area contributed by atoms with Crippen molar-refractivity contribution >= 4 is 22.4 Å². The summed E-state index contributed by atoms with van der Waals surface area (Å²) in [5, 5.41) is 8.71. The van der Waals surface area contributed by atoms with Crippen molar-refractivity contribution in [2.45, 2.75) is 20.3 Å². The highest BCUT2D eigenvalue weighted by molar-refractivity contribution is 7.13. The normalized spacial score (nSPS) is 10.4. The molecule has 0 atom stereocenters. The Morgan fingerprint density at radius 1 is 1.50 bits per heavy atom. The molecule has 0 aliphatic rings. The molecule has 0 aromatic carbocycles. The summed E-state index contributed by atoms with van der Waals surface area (Å²) < 4.78 is 4.84. The summed E-state index contributed by atoms with van der Waals surface area (Å²) in [5.41, 5.74) is 0.883. The number of thiazole rings is 1. The molecule has 16 heavy (non-hydrogen) atoms. The van der Waals surface area contributed by atoms with Gasteiger partial charge in [-0.25, -0.2) is 4.98 Å². The lowest BCUT2D eigenvalue weighted by atomic mass is 10.4. The van der Waals surface area contributed by atoms with Gasteiger partial charge in [0.2, 0.25) is 11.8 Å². The zero-order valence-corrected chi connectivity index (χ0v) is 9.67. The first-order chi connectivity index (χ1) is 7.63. The molecule has 2 heterocycles. The fraction of sp³-hybridized carbons (Fsp3) is 0.333. The lowest BCUT2D eigenvalue weighted by Crippen LogP contribution is -2.14. The molecule has 1 N–H and O–H groups in total. The van der Waals surface area contributed by atoms with E-state index in [1.54, 1.807) is 6.92 Å². The summed E-state index contributed by atoms with van der Waals surface area (Å²) >= 11 is 1.38. The number of aryl methyl sites for hydroxylation is 2. The van der Waals surface area contributed by atoms with Gasteiger partial charge in [0.05, 0.1) is 5.69 Å². The van der Waals surface area contributed by atoms with Crippen LogP contribution in [0.25, 0.3) is 0 Å². The third-order valence-electron chi connectivity index (χ3n) is 1.75. The molecule has 1 amide bonds. The van der Waals surface area contributed by atoms with Gasteiger partial charge in [-0.3, -0.25) is 4.79 Å². The Balaban J connectivity index is 1.94. The van der Waals surface area contributed by atoms with Crippen molar-refractivity contribution in [1.82, 2.24) is 15.1 Å². The molecule has 0 spiro atoms. The van der Waals surface area contributed by atoms with Gasteiger partial charge in [-0.1, -0.05) is 5.16 Å². The van der Waals surface area contributed by atoms with Gasteiger partial charge in [-0.05, 0) is 13.8 Å². The Morgan fingerprint density at radius 2 is 2.31 bits per heavy atom. The summed E-state index contributed by atoms with van der Waals surface area (Å²) in [6.45, 7) is 3.57. The maximum Gasteiger partial charge on any atom is 0.236 e. The average Bonchev–Trinajstić information content (AvgIpc) is 2.76. The predicted octanol–water partition coefficient (Wildman–Crippen LogP) is 1.32. The van der Waals surface area contributed by atoms with Gasteiger partial charge < -0.3 is 9.84 Å². The second kappa shape index (κ2) is 4.40. The standard InChI is InChI=1S/C9H10N4O2S/c1-5-4-16-9(10-5)12-7(14)3-8-11-6(2)13-15-8/h4H,3H2,1-2H3,(H,10,12,14). The molecule has 0 radical (unpaired) electrons. The number of hydrogen-bond donors (Lipinski definition) is 1. The van der Waals surface area contributed by atoms with Gasteiger partial charge in [0.25, 0.3) is 0 Å². The number of nitrogens with one attached hydrogen (secondary N) is 1.